The zero-order valence-electron chi connectivity index (χ0n) is 20.0. The van der Waals surface area contributed by atoms with Gasteiger partial charge in [-0.15, -0.1) is 0 Å². The molecule has 1 saturated heterocycles. The van der Waals surface area contributed by atoms with Crippen LogP contribution in [0.3, 0.4) is 0 Å². The van der Waals surface area contributed by atoms with Crippen LogP contribution < -0.4 is 16.1 Å². The molecular formula is C26H29NO8. The SMILES string of the molecule is CO[C@@H]1[C@@H](O)[C@@H](O)[C@H](Oc2ccc3cc(CC(=O)c4cccc(N)c4)c(=O)oc3c2C)OC1(C)C. The van der Waals surface area contributed by atoms with Gasteiger partial charge in [-0.2, -0.15) is 0 Å². The number of benzene rings is 2. The Morgan fingerprint density at radius 1 is 1.14 bits per heavy atom. The van der Waals surface area contributed by atoms with Gasteiger partial charge in [0.1, 0.15) is 29.6 Å². The van der Waals surface area contributed by atoms with E-state index in [0.717, 1.165) is 0 Å². The number of fused-ring (bicyclic) bond motifs is 1. The fraction of sp³-hybridized carbons (Fsp3) is 0.385. The summed E-state index contributed by atoms with van der Waals surface area (Å²) in [5.41, 5.74) is 6.07. The fourth-order valence-corrected chi connectivity index (χ4v) is 4.42. The van der Waals surface area contributed by atoms with Gasteiger partial charge < -0.3 is 34.6 Å². The molecule has 4 N–H and O–H groups in total. The summed E-state index contributed by atoms with van der Waals surface area (Å²) in [4.78, 5) is 25.3. The minimum atomic E-state index is -1.37. The van der Waals surface area contributed by atoms with Gasteiger partial charge in [0.25, 0.3) is 0 Å². The Labute approximate surface area is 202 Å². The van der Waals surface area contributed by atoms with Gasteiger partial charge in [0.2, 0.25) is 6.29 Å². The molecule has 0 bridgehead atoms. The van der Waals surface area contributed by atoms with Crippen LogP contribution >= 0.6 is 0 Å². The molecule has 0 spiro atoms. The number of hydrogen-bond acceptors (Lipinski definition) is 9. The zero-order valence-corrected chi connectivity index (χ0v) is 20.0. The number of nitrogens with two attached hydrogens (primary N) is 1. The number of anilines is 1. The van der Waals surface area contributed by atoms with Gasteiger partial charge in [0.15, 0.2) is 5.78 Å². The molecule has 0 radical (unpaired) electrons. The number of aliphatic hydroxyl groups is 2. The lowest BCUT2D eigenvalue weighted by Gasteiger charge is -2.46. The van der Waals surface area contributed by atoms with Crippen LogP contribution in [0, 0.1) is 6.92 Å². The average Bonchev–Trinajstić information content (AvgIpc) is 2.80. The van der Waals surface area contributed by atoms with Crippen molar-refractivity contribution in [2.75, 3.05) is 12.8 Å². The first-order valence-electron chi connectivity index (χ1n) is 11.2. The number of aliphatic hydroxyl groups excluding tert-OH is 2. The summed E-state index contributed by atoms with van der Waals surface area (Å²) < 4.78 is 22.6. The number of Topliss-reactive ketones (excluding diaryl/α,β-unsaturated/α-hetero) is 1. The molecule has 1 aliphatic heterocycles. The van der Waals surface area contributed by atoms with Crippen molar-refractivity contribution in [3.63, 3.8) is 0 Å². The lowest BCUT2D eigenvalue weighted by molar-refractivity contribution is -0.306. The van der Waals surface area contributed by atoms with Crippen LogP contribution in [-0.2, 0) is 15.9 Å². The number of methoxy groups -OCH3 is 1. The van der Waals surface area contributed by atoms with Crippen LogP contribution in [0.2, 0.25) is 0 Å². The van der Waals surface area contributed by atoms with Crippen molar-refractivity contribution in [2.45, 2.75) is 57.4 Å². The number of aryl methyl sites for hydroxylation is 1. The molecule has 0 aliphatic carbocycles. The Hall–Kier alpha value is -3.24. The molecule has 35 heavy (non-hydrogen) atoms. The second-order valence-corrected chi connectivity index (χ2v) is 9.24. The minimum Gasteiger partial charge on any atom is -0.462 e. The summed E-state index contributed by atoms with van der Waals surface area (Å²) in [6.07, 6.45) is -4.65. The number of hydrogen-bond donors (Lipinski definition) is 3. The largest absolute Gasteiger partial charge is 0.462 e. The van der Waals surface area contributed by atoms with Gasteiger partial charge in [0, 0.05) is 41.3 Å². The van der Waals surface area contributed by atoms with E-state index in [4.69, 9.17) is 24.4 Å². The number of ether oxygens (including phenoxy) is 3. The van der Waals surface area contributed by atoms with E-state index in [1.165, 1.54) is 7.11 Å². The maximum Gasteiger partial charge on any atom is 0.339 e. The standard InChI is InChI=1S/C26H29NO8/c1-13-19(33-25-21(30)20(29)23(32-4)26(2,3)35-25)9-8-15-10-16(24(31)34-22(13)15)12-18(28)14-6-5-7-17(27)11-14/h5-11,20-21,23,25,29-30H,12,27H2,1-4H3/t20-,21+,23+,25+/m0/s1. The van der Waals surface area contributed by atoms with Crippen molar-refractivity contribution >= 4 is 22.4 Å². The van der Waals surface area contributed by atoms with E-state index < -0.39 is 35.8 Å². The van der Waals surface area contributed by atoms with Gasteiger partial charge in [-0.3, -0.25) is 4.79 Å². The molecule has 1 fully saturated rings. The van der Waals surface area contributed by atoms with Crippen LogP contribution in [0.5, 0.6) is 5.75 Å². The number of rotatable bonds is 6. The molecule has 9 heteroatoms. The van der Waals surface area contributed by atoms with Crippen LogP contribution in [0.1, 0.15) is 35.3 Å². The third-order valence-electron chi connectivity index (χ3n) is 6.27. The summed E-state index contributed by atoms with van der Waals surface area (Å²) >= 11 is 0. The molecule has 9 nitrogen and oxygen atoms in total. The first kappa shape index (κ1) is 24.9. The molecule has 1 aliphatic rings. The Kier molecular flexibility index (Phi) is 6.70. The maximum atomic E-state index is 12.7. The highest BCUT2D eigenvalue weighted by Crippen LogP contribution is 2.34. The number of carbonyl (C=O) groups excluding carboxylic acids is 1. The number of ketones is 1. The van der Waals surface area contributed by atoms with Gasteiger partial charge in [-0.1, -0.05) is 12.1 Å². The van der Waals surface area contributed by atoms with E-state index in [1.807, 2.05) is 0 Å². The molecule has 0 amide bonds. The summed E-state index contributed by atoms with van der Waals surface area (Å²) in [5.74, 6) is 0.0618. The van der Waals surface area contributed by atoms with Crippen molar-refractivity contribution in [3.05, 3.63) is 69.6 Å². The normalized spacial score (nSPS) is 23.8. The van der Waals surface area contributed by atoms with Gasteiger partial charge >= 0.3 is 5.63 Å². The molecule has 4 atom stereocenters. The molecule has 2 heterocycles. The van der Waals surface area contributed by atoms with E-state index in [1.54, 1.807) is 63.2 Å². The van der Waals surface area contributed by atoms with Crippen LogP contribution in [0.25, 0.3) is 11.0 Å². The molecule has 0 saturated carbocycles. The molecule has 1 aromatic heterocycles. The first-order valence-corrected chi connectivity index (χ1v) is 11.2. The van der Waals surface area contributed by atoms with Crippen molar-refractivity contribution in [3.8, 4) is 5.75 Å². The minimum absolute atomic E-state index is 0.130. The second kappa shape index (κ2) is 9.43. The van der Waals surface area contributed by atoms with Crippen molar-refractivity contribution in [2.24, 2.45) is 0 Å². The van der Waals surface area contributed by atoms with Gasteiger partial charge in [-0.25, -0.2) is 4.79 Å². The zero-order chi connectivity index (χ0) is 25.5. The number of carbonyl (C=O) groups is 1. The number of nitrogen functional groups attached to an aromatic ring is 1. The molecule has 3 aromatic rings. The van der Waals surface area contributed by atoms with Crippen LogP contribution in [-0.4, -0.2) is 53.3 Å². The lowest BCUT2D eigenvalue weighted by Crippen LogP contribution is -2.63. The summed E-state index contributed by atoms with van der Waals surface area (Å²) in [6, 6.07) is 11.5. The Balaban J connectivity index is 1.60. The van der Waals surface area contributed by atoms with Crippen LogP contribution in [0.15, 0.2) is 51.7 Å². The highest BCUT2D eigenvalue weighted by atomic mass is 16.7. The lowest BCUT2D eigenvalue weighted by atomic mass is 9.89. The fourth-order valence-electron chi connectivity index (χ4n) is 4.42. The Morgan fingerprint density at radius 3 is 2.57 bits per heavy atom. The predicted molar refractivity (Wildman–Crippen MR) is 129 cm³/mol. The first-order chi connectivity index (χ1) is 16.5. The van der Waals surface area contributed by atoms with Crippen molar-refractivity contribution in [1.82, 2.24) is 0 Å². The second-order valence-electron chi connectivity index (χ2n) is 9.24. The molecule has 2 aromatic carbocycles. The Bertz CT molecular complexity index is 1310. The van der Waals surface area contributed by atoms with E-state index >= 15 is 0 Å². The molecule has 186 valence electrons. The topological polar surface area (TPSA) is 141 Å². The van der Waals surface area contributed by atoms with Crippen LogP contribution in [0.4, 0.5) is 5.69 Å². The predicted octanol–water partition coefficient (Wildman–Crippen LogP) is 2.36. The van der Waals surface area contributed by atoms with E-state index in [-0.39, 0.29) is 23.4 Å². The highest BCUT2D eigenvalue weighted by Gasteiger charge is 2.50. The van der Waals surface area contributed by atoms with Gasteiger partial charge in [-0.05, 0) is 51.1 Å². The maximum absolute atomic E-state index is 12.7. The van der Waals surface area contributed by atoms with Crippen molar-refractivity contribution in [1.29, 1.82) is 0 Å². The van der Waals surface area contributed by atoms with E-state index in [9.17, 15) is 19.8 Å². The third kappa shape index (κ3) is 4.81. The molecular weight excluding hydrogens is 454 g/mol. The Morgan fingerprint density at radius 2 is 1.89 bits per heavy atom. The highest BCUT2D eigenvalue weighted by molar-refractivity contribution is 5.98. The van der Waals surface area contributed by atoms with E-state index in [2.05, 4.69) is 0 Å². The summed E-state index contributed by atoms with van der Waals surface area (Å²) in [7, 11) is 1.43. The average molecular weight is 484 g/mol. The van der Waals surface area contributed by atoms with E-state index in [0.29, 0.717) is 28.0 Å². The smallest absolute Gasteiger partial charge is 0.339 e. The monoisotopic (exact) mass is 483 g/mol. The van der Waals surface area contributed by atoms with Crippen molar-refractivity contribution < 1.29 is 33.6 Å². The third-order valence-corrected chi connectivity index (χ3v) is 6.27. The molecule has 4 rings (SSSR count). The summed E-state index contributed by atoms with van der Waals surface area (Å²) in [6.45, 7) is 5.16. The quantitative estimate of drug-likeness (QED) is 0.274. The summed E-state index contributed by atoms with van der Waals surface area (Å²) in [5, 5.41) is 21.6. The molecule has 0 unspecified atom stereocenters. The van der Waals surface area contributed by atoms with Gasteiger partial charge in [0.05, 0.1) is 5.60 Å².